The van der Waals surface area contributed by atoms with Gasteiger partial charge >= 0.3 is 6.09 Å². The van der Waals surface area contributed by atoms with Crippen LogP contribution in [0.4, 0.5) is 14.9 Å². The van der Waals surface area contributed by atoms with E-state index in [1.54, 1.807) is 12.1 Å². The molecule has 1 heterocycles. The van der Waals surface area contributed by atoms with Crippen LogP contribution in [0.1, 0.15) is 39.0 Å². The smallest absolute Gasteiger partial charge is 0.432 e. The van der Waals surface area contributed by atoms with E-state index in [4.69, 9.17) is 4.74 Å². The molecule has 5 nitrogen and oxygen atoms in total. The van der Waals surface area contributed by atoms with Crippen LogP contribution in [-0.4, -0.2) is 27.5 Å². The summed E-state index contributed by atoms with van der Waals surface area (Å²) in [5.41, 5.74) is 0.345. The maximum Gasteiger partial charge on any atom is 0.432 e. The van der Waals surface area contributed by atoms with E-state index < -0.39 is 23.2 Å². The van der Waals surface area contributed by atoms with Gasteiger partial charge in [-0.3, -0.25) is 5.43 Å². The number of aliphatic hydroxyl groups is 1. The molecule has 1 aromatic rings. The Morgan fingerprint density at radius 3 is 2.62 bits per heavy atom. The number of hydrogen-bond donors (Lipinski definition) is 2. The second-order valence-corrected chi connectivity index (χ2v) is 5.87. The summed E-state index contributed by atoms with van der Waals surface area (Å²) in [5, 5.41) is 11.8. The molecule has 2 fully saturated rings. The van der Waals surface area contributed by atoms with Crippen molar-refractivity contribution < 1.29 is 19.0 Å². The normalized spacial score (nSPS) is 27.8. The number of rotatable bonds is 2. The number of hydrogen-bond acceptors (Lipinski definition) is 4. The number of nitrogens with one attached hydrogen (secondary N) is 1. The minimum atomic E-state index is -1.52. The van der Waals surface area contributed by atoms with Gasteiger partial charge in [0.25, 0.3) is 0 Å². The van der Waals surface area contributed by atoms with Crippen LogP contribution in [0.15, 0.2) is 24.3 Å². The quantitative estimate of drug-likeness (QED) is 0.880. The Morgan fingerprint density at radius 1 is 1.29 bits per heavy atom. The first-order valence-corrected chi connectivity index (χ1v) is 7.23. The van der Waals surface area contributed by atoms with Crippen LogP contribution in [0.5, 0.6) is 0 Å². The second-order valence-electron chi connectivity index (χ2n) is 5.87. The van der Waals surface area contributed by atoms with E-state index in [9.17, 15) is 14.3 Å². The molecule has 1 saturated carbocycles. The molecule has 0 radical (unpaired) electrons. The molecule has 0 bridgehead atoms. The van der Waals surface area contributed by atoms with E-state index in [2.05, 4.69) is 5.43 Å². The van der Waals surface area contributed by atoms with Crippen molar-refractivity contribution in [2.75, 3.05) is 5.43 Å². The van der Waals surface area contributed by atoms with Gasteiger partial charge in [0.2, 0.25) is 0 Å². The van der Waals surface area contributed by atoms with Crippen LogP contribution < -0.4 is 5.43 Å². The number of carbonyl (C=O) groups excluding carboxylic acids is 1. The van der Waals surface area contributed by atoms with E-state index in [0.717, 1.165) is 24.3 Å². The molecule has 0 aromatic heterocycles. The van der Waals surface area contributed by atoms with E-state index >= 15 is 0 Å². The van der Waals surface area contributed by atoms with Gasteiger partial charge in [-0.25, -0.2) is 9.18 Å². The molecule has 1 aromatic carbocycles. The number of nitrogens with zero attached hydrogens (tertiary/aromatic N) is 1. The van der Waals surface area contributed by atoms with Crippen LogP contribution in [-0.2, 0) is 4.74 Å². The number of para-hydroxylation sites is 1. The Morgan fingerprint density at radius 2 is 1.95 bits per heavy atom. The predicted molar refractivity (Wildman–Crippen MR) is 74.8 cm³/mol. The first-order chi connectivity index (χ1) is 9.96. The zero-order chi connectivity index (χ0) is 15.1. The third-order valence-corrected chi connectivity index (χ3v) is 4.53. The van der Waals surface area contributed by atoms with Crippen molar-refractivity contribution in [2.45, 2.75) is 50.4 Å². The van der Waals surface area contributed by atoms with Crippen molar-refractivity contribution in [3.8, 4) is 0 Å². The number of amides is 1. The van der Waals surface area contributed by atoms with Crippen LogP contribution in [0.3, 0.4) is 0 Å². The Labute approximate surface area is 122 Å². The maximum absolute atomic E-state index is 13.7. The third-order valence-electron chi connectivity index (χ3n) is 4.53. The molecule has 1 amide bonds. The largest absolute Gasteiger partial charge is 0.436 e. The monoisotopic (exact) mass is 294 g/mol. The number of hydrazine groups is 1. The molecular formula is C15H19FN2O3. The highest BCUT2D eigenvalue weighted by atomic mass is 19.1. The Kier molecular flexibility index (Phi) is 3.28. The zero-order valence-corrected chi connectivity index (χ0v) is 11.9. The Hall–Kier alpha value is -1.82. The molecule has 1 aliphatic carbocycles. The molecule has 2 N–H and O–H groups in total. The summed E-state index contributed by atoms with van der Waals surface area (Å²) in [6.45, 7) is 1.54. The van der Waals surface area contributed by atoms with Gasteiger partial charge < -0.3 is 9.84 Å². The summed E-state index contributed by atoms with van der Waals surface area (Å²) in [6.07, 6.45) is 3.41. The summed E-state index contributed by atoms with van der Waals surface area (Å²) in [7, 11) is 0. The molecule has 1 spiro atoms. The summed E-state index contributed by atoms with van der Waals surface area (Å²) >= 11 is 0. The van der Waals surface area contributed by atoms with Crippen molar-refractivity contribution in [1.82, 2.24) is 5.01 Å². The highest BCUT2D eigenvalue weighted by molar-refractivity contribution is 5.74. The SMILES string of the molecule is C[C@@]1(O)N(Nc2ccccc2F)C(=O)OC12CCCCC2. The van der Waals surface area contributed by atoms with Gasteiger partial charge in [0.1, 0.15) is 5.82 Å². The van der Waals surface area contributed by atoms with E-state index in [1.165, 1.54) is 19.1 Å². The fourth-order valence-electron chi connectivity index (χ4n) is 3.22. The molecule has 21 heavy (non-hydrogen) atoms. The van der Waals surface area contributed by atoms with Gasteiger partial charge in [-0.2, -0.15) is 5.01 Å². The van der Waals surface area contributed by atoms with Crippen molar-refractivity contribution in [2.24, 2.45) is 0 Å². The van der Waals surface area contributed by atoms with Gasteiger partial charge in [-0.15, -0.1) is 0 Å². The van der Waals surface area contributed by atoms with Crippen molar-refractivity contribution >= 4 is 11.8 Å². The van der Waals surface area contributed by atoms with E-state index in [1.807, 2.05) is 0 Å². The third kappa shape index (κ3) is 2.14. The fourth-order valence-corrected chi connectivity index (χ4v) is 3.22. The summed E-state index contributed by atoms with van der Waals surface area (Å²) in [4.78, 5) is 12.1. The Balaban J connectivity index is 1.89. The van der Waals surface area contributed by atoms with E-state index in [-0.39, 0.29) is 5.69 Å². The van der Waals surface area contributed by atoms with Crippen molar-refractivity contribution in [3.63, 3.8) is 0 Å². The number of anilines is 1. The molecule has 1 atom stereocenters. The minimum Gasteiger partial charge on any atom is -0.436 e. The lowest BCUT2D eigenvalue weighted by molar-refractivity contribution is -0.154. The lowest BCUT2D eigenvalue weighted by Crippen LogP contribution is -2.58. The molecule has 0 unspecified atom stereocenters. The molecule has 1 saturated heterocycles. The molecular weight excluding hydrogens is 275 g/mol. The average Bonchev–Trinajstić information content (AvgIpc) is 2.62. The van der Waals surface area contributed by atoms with Crippen LogP contribution in [0, 0.1) is 5.82 Å². The number of benzene rings is 1. The number of ether oxygens (including phenoxy) is 1. The van der Waals surface area contributed by atoms with Gasteiger partial charge in [-0.05, 0) is 44.7 Å². The minimum absolute atomic E-state index is 0.127. The van der Waals surface area contributed by atoms with Gasteiger partial charge in [-0.1, -0.05) is 18.6 Å². The average molecular weight is 294 g/mol. The highest BCUT2D eigenvalue weighted by Crippen LogP contribution is 2.46. The topological polar surface area (TPSA) is 61.8 Å². The molecule has 6 heteroatoms. The summed E-state index contributed by atoms with van der Waals surface area (Å²) in [5.74, 6) is -0.495. The van der Waals surface area contributed by atoms with Gasteiger partial charge in [0.05, 0.1) is 5.69 Å². The van der Waals surface area contributed by atoms with Crippen molar-refractivity contribution in [3.05, 3.63) is 30.1 Å². The van der Waals surface area contributed by atoms with Crippen molar-refractivity contribution in [1.29, 1.82) is 0 Å². The standard InChI is InChI=1S/C15H19FN2O3/c1-14(20)15(9-5-2-6-10-15)21-13(19)18(14)17-12-8-4-3-7-11(12)16/h3-4,7-8,17,20H,2,5-6,9-10H2,1H3/t14-/m0/s1. The van der Waals surface area contributed by atoms with Gasteiger partial charge in [0.15, 0.2) is 11.3 Å². The highest BCUT2D eigenvalue weighted by Gasteiger charge is 2.62. The lowest BCUT2D eigenvalue weighted by atomic mass is 9.78. The number of halogens is 1. The zero-order valence-electron chi connectivity index (χ0n) is 11.9. The molecule has 2 aliphatic rings. The molecule has 114 valence electrons. The first-order valence-electron chi connectivity index (χ1n) is 7.23. The Bertz CT molecular complexity index is 556. The summed E-state index contributed by atoms with van der Waals surface area (Å²) < 4.78 is 19.2. The fraction of sp³-hybridized carbons (Fsp3) is 0.533. The molecule has 3 rings (SSSR count). The van der Waals surface area contributed by atoms with E-state index in [0.29, 0.717) is 12.8 Å². The predicted octanol–water partition coefficient (Wildman–Crippen LogP) is 3.02. The lowest BCUT2D eigenvalue weighted by Gasteiger charge is -2.41. The summed E-state index contributed by atoms with van der Waals surface area (Å²) in [6, 6.07) is 6.00. The van der Waals surface area contributed by atoms with Crippen LogP contribution in [0.2, 0.25) is 0 Å². The van der Waals surface area contributed by atoms with Crippen LogP contribution in [0.25, 0.3) is 0 Å². The number of carbonyl (C=O) groups is 1. The van der Waals surface area contributed by atoms with Gasteiger partial charge in [0, 0.05) is 0 Å². The maximum atomic E-state index is 13.7. The second kappa shape index (κ2) is 4.87. The molecule has 1 aliphatic heterocycles. The van der Waals surface area contributed by atoms with Crippen LogP contribution >= 0.6 is 0 Å². The first kappa shape index (κ1) is 14.1.